The van der Waals surface area contributed by atoms with Gasteiger partial charge < -0.3 is 19.4 Å². The third-order valence-corrected chi connectivity index (χ3v) is 4.79. The van der Waals surface area contributed by atoms with Crippen molar-refractivity contribution in [3.63, 3.8) is 0 Å². The Bertz CT molecular complexity index is 611. The molecular weight excluding hydrogens is 306 g/mol. The molecule has 2 amide bonds. The second-order valence-electron chi connectivity index (χ2n) is 6.39. The van der Waals surface area contributed by atoms with Crippen LogP contribution in [-0.4, -0.2) is 68.0 Å². The van der Waals surface area contributed by atoms with E-state index in [0.717, 1.165) is 24.5 Å². The molecule has 1 aromatic rings. The summed E-state index contributed by atoms with van der Waals surface area (Å²) in [5, 5.41) is 0. The minimum Gasteiger partial charge on any atom is -0.492 e. The number of nitrogens with zero attached hydrogens (tertiary/aromatic N) is 3. The normalized spacial score (nSPS) is 21.3. The molecule has 1 aromatic carbocycles. The van der Waals surface area contributed by atoms with Crippen LogP contribution in [0.4, 0.5) is 5.69 Å². The Kier molecular flexibility index (Phi) is 4.92. The number of piperazine rings is 1. The zero-order valence-electron chi connectivity index (χ0n) is 14.4. The highest BCUT2D eigenvalue weighted by molar-refractivity contribution is 5.89. The van der Waals surface area contributed by atoms with E-state index < -0.39 is 0 Å². The predicted molar refractivity (Wildman–Crippen MR) is 92.1 cm³/mol. The smallest absolute Gasteiger partial charge is 0.228 e. The molecule has 0 saturated carbocycles. The number of amides is 2. The van der Waals surface area contributed by atoms with E-state index in [2.05, 4.69) is 11.0 Å². The van der Waals surface area contributed by atoms with Crippen LogP contribution >= 0.6 is 0 Å². The van der Waals surface area contributed by atoms with Crippen LogP contribution in [0, 0.1) is 5.92 Å². The third-order valence-electron chi connectivity index (χ3n) is 4.79. The topological polar surface area (TPSA) is 53.1 Å². The number of anilines is 1. The van der Waals surface area contributed by atoms with E-state index in [-0.39, 0.29) is 17.7 Å². The largest absolute Gasteiger partial charge is 0.492 e. The number of hydrogen-bond donors (Lipinski definition) is 0. The first kappa shape index (κ1) is 16.6. The van der Waals surface area contributed by atoms with Crippen LogP contribution in [0.2, 0.25) is 0 Å². The van der Waals surface area contributed by atoms with E-state index in [1.807, 2.05) is 30.0 Å². The van der Waals surface area contributed by atoms with Crippen molar-refractivity contribution in [2.45, 2.75) is 13.3 Å². The molecule has 0 radical (unpaired) electrons. The highest BCUT2D eigenvalue weighted by Crippen LogP contribution is 2.29. The third kappa shape index (κ3) is 3.32. The lowest BCUT2D eigenvalue weighted by Crippen LogP contribution is -2.50. The van der Waals surface area contributed by atoms with Gasteiger partial charge in [-0.1, -0.05) is 12.1 Å². The minimum absolute atomic E-state index is 0.0672. The first-order valence-electron chi connectivity index (χ1n) is 8.59. The molecule has 6 heteroatoms. The maximum Gasteiger partial charge on any atom is 0.228 e. The lowest BCUT2D eigenvalue weighted by molar-refractivity contribution is -0.136. The number of carbonyl (C=O) groups is 2. The van der Waals surface area contributed by atoms with Gasteiger partial charge in [0.1, 0.15) is 5.75 Å². The Morgan fingerprint density at radius 2 is 1.92 bits per heavy atom. The molecular formula is C18H25N3O3. The van der Waals surface area contributed by atoms with Crippen molar-refractivity contribution < 1.29 is 14.3 Å². The van der Waals surface area contributed by atoms with E-state index in [1.165, 1.54) is 0 Å². The standard InChI is InChI=1S/C18H25N3O3/c1-3-24-16-7-5-4-6-15(16)20-8-10-21(11-9-20)18(23)14-12-17(22)19(2)13-14/h4-7,14H,3,8-13H2,1-2H3. The number of likely N-dealkylation sites (tertiary alicyclic amines) is 1. The second-order valence-corrected chi connectivity index (χ2v) is 6.39. The van der Waals surface area contributed by atoms with Gasteiger partial charge in [0.25, 0.3) is 0 Å². The van der Waals surface area contributed by atoms with Gasteiger partial charge in [0, 0.05) is 46.2 Å². The zero-order valence-corrected chi connectivity index (χ0v) is 14.4. The van der Waals surface area contributed by atoms with Gasteiger partial charge in [-0.25, -0.2) is 0 Å². The maximum atomic E-state index is 12.6. The molecule has 0 aromatic heterocycles. The van der Waals surface area contributed by atoms with Gasteiger partial charge in [-0.05, 0) is 19.1 Å². The van der Waals surface area contributed by atoms with Crippen molar-refractivity contribution in [2.24, 2.45) is 5.92 Å². The lowest BCUT2D eigenvalue weighted by atomic mass is 10.1. The molecule has 0 spiro atoms. The van der Waals surface area contributed by atoms with Crippen LogP contribution in [0.5, 0.6) is 5.75 Å². The van der Waals surface area contributed by atoms with Crippen molar-refractivity contribution in [1.82, 2.24) is 9.80 Å². The van der Waals surface area contributed by atoms with Crippen LogP contribution < -0.4 is 9.64 Å². The van der Waals surface area contributed by atoms with Crippen molar-refractivity contribution in [2.75, 3.05) is 51.3 Å². The van der Waals surface area contributed by atoms with E-state index in [0.29, 0.717) is 32.7 Å². The molecule has 0 aliphatic carbocycles. The van der Waals surface area contributed by atoms with Gasteiger partial charge in [-0.3, -0.25) is 9.59 Å². The fourth-order valence-corrected chi connectivity index (χ4v) is 3.45. The van der Waals surface area contributed by atoms with Gasteiger partial charge >= 0.3 is 0 Å². The quantitative estimate of drug-likeness (QED) is 0.832. The predicted octanol–water partition coefficient (Wildman–Crippen LogP) is 1.21. The number of ether oxygens (including phenoxy) is 1. The molecule has 2 aliphatic rings. The SMILES string of the molecule is CCOc1ccccc1N1CCN(C(=O)C2CC(=O)N(C)C2)CC1. The summed E-state index contributed by atoms with van der Waals surface area (Å²) in [6, 6.07) is 8.03. The molecule has 130 valence electrons. The average Bonchev–Trinajstić information content (AvgIpc) is 2.94. The molecule has 1 unspecified atom stereocenters. The summed E-state index contributed by atoms with van der Waals surface area (Å²) in [5.74, 6) is 0.899. The summed E-state index contributed by atoms with van der Waals surface area (Å²) in [6.07, 6.45) is 0.350. The van der Waals surface area contributed by atoms with Gasteiger partial charge in [0.05, 0.1) is 18.2 Å². The van der Waals surface area contributed by atoms with Gasteiger partial charge in [0.2, 0.25) is 11.8 Å². The number of hydrogen-bond acceptors (Lipinski definition) is 4. The van der Waals surface area contributed by atoms with Crippen molar-refractivity contribution in [3.8, 4) is 5.75 Å². The van der Waals surface area contributed by atoms with E-state index >= 15 is 0 Å². The minimum atomic E-state index is -0.176. The molecule has 2 saturated heterocycles. The molecule has 0 bridgehead atoms. The Balaban J connectivity index is 1.60. The van der Waals surface area contributed by atoms with Gasteiger partial charge in [-0.15, -0.1) is 0 Å². The highest BCUT2D eigenvalue weighted by Gasteiger charge is 2.35. The summed E-state index contributed by atoms with van der Waals surface area (Å²) in [5.41, 5.74) is 1.09. The molecule has 3 rings (SSSR count). The highest BCUT2D eigenvalue weighted by atomic mass is 16.5. The van der Waals surface area contributed by atoms with E-state index in [1.54, 1.807) is 11.9 Å². The van der Waals surface area contributed by atoms with Crippen LogP contribution in [-0.2, 0) is 9.59 Å². The first-order valence-corrected chi connectivity index (χ1v) is 8.59. The monoisotopic (exact) mass is 331 g/mol. The first-order chi connectivity index (χ1) is 11.6. The molecule has 2 heterocycles. The summed E-state index contributed by atoms with van der Waals surface area (Å²) >= 11 is 0. The van der Waals surface area contributed by atoms with Crippen LogP contribution in [0.25, 0.3) is 0 Å². The number of carbonyl (C=O) groups excluding carboxylic acids is 2. The Morgan fingerprint density at radius 1 is 1.21 bits per heavy atom. The molecule has 6 nitrogen and oxygen atoms in total. The number of para-hydroxylation sites is 2. The summed E-state index contributed by atoms with van der Waals surface area (Å²) in [6.45, 7) is 6.11. The van der Waals surface area contributed by atoms with Gasteiger partial charge in [-0.2, -0.15) is 0 Å². The summed E-state index contributed by atoms with van der Waals surface area (Å²) in [4.78, 5) is 30.1. The molecule has 1 atom stereocenters. The molecule has 2 aliphatic heterocycles. The lowest BCUT2D eigenvalue weighted by Gasteiger charge is -2.37. The van der Waals surface area contributed by atoms with Crippen LogP contribution in [0.1, 0.15) is 13.3 Å². The average molecular weight is 331 g/mol. The van der Waals surface area contributed by atoms with Crippen molar-refractivity contribution in [3.05, 3.63) is 24.3 Å². The fourth-order valence-electron chi connectivity index (χ4n) is 3.45. The molecule has 0 N–H and O–H groups in total. The number of benzene rings is 1. The van der Waals surface area contributed by atoms with Crippen molar-refractivity contribution in [1.29, 1.82) is 0 Å². The fraction of sp³-hybridized carbons (Fsp3) is 0.556. The Hall–Kier alpha value is -2.24. The van der Waals surface area contributed by atoms with Crippen molar-refractivity contribution >= 4 is 17.5 Å². The van der Waals surface area contributed by atoms with Crippen LogP contribution in [0.3, 0.4) is 0 Å². The zero-order chi connectivity index (χ0) is 17.1. The molecule has 2 fully saturated rings. The second kappa shape index (κ2) is 7.11. The van der Waals surface area contributed by atoms with Gasteiger partial charge in [0.15, 0.2) is 0 Å². The summed E-state index contributed by atoms with van der Waals surface area (Å²) < 4.78 is 5.70. The molecule has 24 heavy (non-hydrogen) atoms. The maximum absolute atomic E-state index is 12.6. The Labute approximate surface area is 143 Å². The number of rotatable bonds is 4. The van der Waals surface area contributed by atoms with Crippen LogP contribution in [0.15, 0.2) is 24.3 Å². The Morgan fingerprint density at radius 3 is 2.54 bits per heavy atom. The summed E-state index contributed by atoms with van der Waals surface area (Å²) in [7, 11) is 1.76. The van der Waals surface area contributed by atoms with E-state index in [9.17, 15) is 9.59 Å². The van der Waals surface area contributed by atoms with E-state index in [4.69, 9.17) is 4.74 Å².